The predicted octanol–water partition coefficient (Wildman–Crippen LogP) is 2.71. The molecule has 0 radical (unpaired) electrons. The van der Waals surface area contributed by atoms with Gasteiger partial charge in [-0.3, -0.25) is 4.79 Å². The van der Waals surface area contributed by atoms with Gasteiger partial charge in [-0.05, 0) is 59.4 Å². The number of carbonyl (C=O) groups is 1. The van der Waals surface area contributed by atoms with E-state index < -0.39 is 5.82 Å². The number of carbonyl (C=O) groups excluding carboxylic acids is 1. The Morgan fingerprint density at radius 1 is 1.47 bits per heavy atom. The van der Waals surface area contributed by atoms with Crippen LogP contribution in [0.25, 0.3) is 0 Å². The molecule has 3 nitrogen and oxygen atoms in total. The Hall–Kier alpha value is -0.940. The number of rotatable bonds is 3. The molecule has 1 amide bonds. The van der Waals surface area contributed by atoms with Crippen molar-refractivity contribution in [3.63, 3.8) is 0 Å². The minimum Gasteiger partial charge on any atom is -0.351 e. The molecule has 0 aliphatic carbocycles. The summed E-state index contributed by atoms with van der Waals surface area (Å²) in [6.07, 6.45) is 2.08. The van der Waals surface area contributed by atoms with Crippen LogP contribution in [-0.2, 0) is 0 Å². The highest BCUT2D eigenvalue weighted by Crippen LogP contribution is 2.27. The van der Waals surface area contributed by atoms with Crippen molar-refractivity contribution in [2.75, 3.05) is 19.6 Å². The van der Waals surface area contributed by atoms with Gasteiger partial charge >= 0.3 is 0 Å². The average Bonchev–Trinajstić information content (AvgIpc) is 2.40. The smallest absolute Gasteiger partial charge is 0.252 e. The van der Waals surface area contributed by atoms with Crippen LogP contribution in [0.3, 0.4) is 0 Å². The minimum absolute atomic E-state index is 0.126. The monoisotopic (exact) mass is 328 g/mol. The second-order valence-electron chi connectivity index (χ2n) is 5.34. The van der Waals surface area contributed by atoms with Crippen LogP contribution in [0.15, 0.2) is 22.7 Å². The number of hydrogen-bond acceptors (Lipinski definition) is 2. The van der Waals surface area contributed by atoms with E-state index in [4.69, 9.17) is 0 Å². The van der Waals surface area contributed by atoms with Gasteiger partial charge in [-0.1, -0.05) is 13.0 Å². The van der Waals surface area contributed by atoms with E-state index in [1.54, 1.807) is 12.1 Å². The normalized spacial score (nSPS) is 18.1. The van der Waals surface area contributed by atoms with E-state index in [0.717, 1.165) is 25.9 Å². The van der Waals surface area contributed by atoms with Crippen molar-refractivity contribution in [3.05, 3.63) is 34.1 Å². The maximum Gasteiger partial charge on any atom is 0.252 e. The summed E-state index contributed by atoms with van der Waals surface area (Å²) < 4.78 is 13.6. The van der Waals surface area contributed by atoms with E-state index in [1.165, 1.54) is 6.07 Å². The average molecular weight is 329 g/mol. The summed E-state index contributed by atoms with van der Waals surface area (Å²) in [5.41, 5.74) is 0.471. The zero-order valence-electron chi connectivity index (χ0n) is 10.9. The lowest BCUT2D eigenvalue weighted by Gasteiger charge is -2.34. The lowest BCUT2D eigenvalue weighted by atomic mass is 9.81. The van der Waals surface area contributed by atoms with Crippen molar-refractivity contribution in [1.29, 1.82) is 0 Å². The summed E-state index contributed by atoms with van der Waals surface area (Å²) in [5, 5.41) is 6.22. The number of halogens is 2. The zero-order chi connectivity index (χ0) is 13.9. The van der Waals surface area contributed by atoms with Gasteiger partial charge in [0.05, 0.1) is 10.0 Å². The molecular formula is C14H18BrFN2O. The molecule has 1 heterocycles. The molecule has 104 valence electrons. The van der Waals surface area contributed by atoms with Gasteiger partial charge < -0.3 is 10.6 Å². The highest BCUT2D eigenvalue weighted by molar-refractivity contribution is 9.10. The Bertz CT molecular complexity index is 473. The van der Waals surface area contributed by atoms with Crippen LogP contribution in [0.4, 0.5) is 4.39 Å². The first-order valence-corrected chi connectivity index (χ1v) is 7.24. The molecule has 0 atom stereocenters. The van der Waals surface area contributed by atoms with E-state index in [1.807, 2.05) is 0 Å². The van der Waals surface area contributed by atoms with Gasteiger partial charge in [-0.2, -0.15) is 0 Å². The Balaban J connectivity index is 1.99. The molecule has 0 spiro atoms. The first-order chi connectivity index (χ1) is 9.02. The number of piperidine rings is 1. The molecule has 0 unspecified atom stereocenters. The molecule has 0 bridgehead atoms. The first-order valence-electron chi connectivity index (χ1n) is 6.45. The predicted molar refractivity (Wildman–Crippen MR) is 76.6 cm³/mol. The fourth-order valence-corrected chi connectivity index (χ4v) is 2.72. The highest BCUT2D eigenvalue weighted by atomic mass is 79.9. The molecule has 2 rings (SSSR count). The number of hydrogen-bond donors (Lipinski definition) is 2. The molecule has 2 N–H and O–H groups in total. The van der Waals surface area contributed by atoms with Crippen LogP contribution >= 0.6 is 15.9 Å². The van der Waals surface area contributed by atoms with Crippen LogP contribution < -0.4 is 10.6 Å². The SMILES string of the molecule is CC1(CNC(=O)c2cccc(F)c2Br)CCNCC1. The maximum absolute atomic E-state index is 13.4. The van der Waals surface area contributed by atoms with E-state index in [0.29, 0.717) is 12.1 Å². The van der Waals surface area contributed by atoms with Crippen LogP contribution in [0.2, 0.25) is 0 Å². The fraction of sp³-hybridized carbons (Fsp3) is 0.500. The van der Waals surface area contributed by atoms with E-state index in [2.05, 4.69) is 33.5 Å². The van der Waals surface area contributed by atoms with Gasteiger partial charge in [0, 0.05) is 6.54 Å². The van der Waals surface area contributed by atoms with Crippen LogP contribution in [-0.4, -0.2) is 25.5 Å². The molecular weight excluding hydrogens is 311 g/mol. The Labute approximate surface area is 121 Å². The summed E-state index contributed by atoms with van der Waals surface area (Å²) in [5.74, 6) is -0.646. The summed E-state index contributed by atoms with van der Waals surface area (Å²) in [4.78, 5) is 12.1. The molecule has 5 heteroatoms. The van der Waals surface area contributed by atoms with Gasteiger partial charge in [0.1, 0.15) is 5.82 Å². The minimum atomic E-state index is -0.416. The summed E-state index contributed by atoms with van der Waals surface area (Å²) in [7, 11) is 0. The molecule has 1 saturated heterocycles. The molecule has 0 saturated carbocycles. The highest BCUT2D eigenvalue weighted by Gasteiger charge is 2.27. The molecule has 1 aromatic carbocycles. The summed E-state index contributed by atoms with van der Waals surface area (Å²) in [6.45, 7) is 4.76. The second-order valence-corrected chi connectivity index (χ2v) is 6.14. The van der Waals surface area contributed by atoms with Crippen molar-refractivity contribution in [1.82, 2.24) is 10.6 Å². The fourth-order valence-electron chi connectivity index (χ4n) is 2.28. The third-order valence-electron chi connectivity index (χ3n) is 3.68. The standard InChI is InChI=1S/C14H18BrFN2O/c1-14(5-7-17-8-6-14)9-18-13(19)10-3-2-4-11(16)12(10)15/h2-4,17H,5-9H2,1H3,(H,18,19). The Morgan fingerprint density at radius 3 is 2.84 bits per heavy atom. The Morgan fingerprint density at radius 2 is 2.16 bits per heavy atom. The third-order valence-corrected chi connectivity index (χ3v) is 4.49. The molecule has 0 aromatic heterocycles. The van der Waals surface area contributed by atoms with Crippen LogP contribution in [0.1, 0.15) is 30.1 Å². The van der Waals surface area contributed by atoms with Crippen molar-refractivity contribution >= 4 is 21.8 Å². The lowest BCUT2D eigenvalue weighted by Crippen LogP contribution is -2.43. The first kappa shape index (κ1) is 14.5. The molecule has 1 fully saturated rings. The molecule has 1 aromatic rings. The number of benzene rings is 1. The largest absolute Gasteiger partial charge is 0.351 e. The Kier molecular flexibility index (Phi) is 4.58. The van der Waals surface area contributed by atoms with E-state index in [-0.39, 0.29) is 15.8 Å². The topological polar surface area (TPSA) is 41.1 Å². The van der Waals surface area contributed by atoms with Gasteiger partial charge in [0.2, 0.25) is 0 Å². The lowest BCUT2D eigenvalue weighted by molar-refractivity contribution is 0.0921. The number of nitrogens with one attached hydrogen (secondary N) is 2. The summed E-state index contributed by atoms with van der Waals surface area (Å²) in [6, 6.07) is 4.49. The van der Waals surface area contributed by atoms with Crippen LogP contribution in [0.5, 0.6) is 0 Å². The second kappa shape index (κ2) is 6.01. The zero-order valence-corrected chi connectivity index (χ0v) is 12.5. The van der Waals surface area contributed by atoms with Crippen molar-refractivity contribution in [2.24, 2.45) is 5.41 Å². The third kappa shape index (κ3) is 3.54. The molecule has 1 aliphatic heterocycles. The van der Waals surface area contributed by atoms with Crippen molar-refractivity contribution < 1.29 is 9.18 Å². The van der Waals surface area contributed by atoms with Crippen LogP contribution in [0, 0.1) is 11.2 Å². The van der Waals surface area contributed by atoms with Gasteiger partial charge in [-0.15, -0.1) is 0 Å². The van der Waals surface area contributed by atoms with Gasteiger partial charge in [0.25, 0.3) is 5.91 Å². The maximum atomic E-state index is 13.4. The number of amides is 1. The van der Waals surface area contributed by atoms with Gasteiger partial charge in [0.15, 0.2) is 0 Å². The van der Waals surface area contributed by atoms with E-state index >= 15 is 0 Å². The van der Waals surface area contributed by atoms with E-state index in [9.17, 15) is 9.18 Å². The quantitative estimate of drug-likeness (QED) is 0.895. The molecule has 1 aliphatic rings. The summed E-state index contributed by atoms with van der Waals surface area (Å²) >= 11 is 3.11. The van der Waals surface area contributed by atoms with Crippen molar-refractivity contribution in [2.45, 2.75) is 19.8 Å². The van der Waals surface area contributed by atoms with Gasteiger partial charge in [-0.25, -0.2) is 4.39 Å². The van der Waals surface area contributed by atoms with Crippen molar-refractivity contribution in [3.8, 4) is 0 Å². The molecule has 19 heavy (non-hydrogen) atoms.